The predicted octanol–water partition coefficient (Wildman–Crippen LogP) is 2.61. The highest BCUT2D eigenvalue weighted by Gasteiger charge is 2.14. The fourth-order valence-electron chi connectivity index (χ4n) is 3.24. The van der Waals surface area contributed by atoms with Crippen LogP contribution in [0.15, 0.2) is 65.5 Å². The second kappa shape index (κ2) is 7.71. The Morgan fingerprint density at radius 3 is 2.66 bits per heavy atom. The van der Waals surface area contributed by atoms with Crippen LogP contribution in [-0.2, 0) is 17.9 Å². The quantitative estimate of drug-likeness (QED) is 0.525. The molecule has 0 bridgehead atoms. The Labute approximate surface area is 167 Å². The molecule has 1 amide bonds. The number of amides is 1. The first kappa shape index (κ1) is 18.6. The molecule has 4 rings (SSSR count). The van der Waals surface area contributed by atoms with Gasteiger partial charge in [0.15, 0.2) is 0 Å². The fourth-order valence-corrected chi connectivity index (χ4v) is 3.24. The molecule has 0 radical (unpaired) electrons. The van der Waals surface area contributed by atoms with Crippen LogP contribution >= 0.6 is 0 Å². The maximum atomic E-state index is 12.6. The van der Waals surface area contributed by atoms with Crippen LogP contribution in [0.5, 0.6) is 5.75 Å². The van der Waals surface area contributed by atoms with Gasteiger partial charge in [-0.05, 0) is 46.7 Å². The number of ether oxygens (including phenoxy) is 1. The largest absolute Gasteiger partial charge is 0.497 e. The van der Waals surface area contributed by atoms with Gasteiger partial charge in [0.1, 0.15) is 17.8 Å². The summed E-state index contributed by atoms with van der Waals surface area (Å²) in [5.74, 6) is 0.589. The Morgan fingerprint density at radius 1 is 1.07 bits per heavy atom. The van der Waals surface area contributed by atoms with Crippen LogP contribution in [-0.4, -0.2) is 40.0 Å². The number of methoxy groups -OCH3 is 1. The molecule has 1 aromatic heterocycles. The number of hydrogen-bond donors (Lipinski definition) is 0. The first-order valence-electron chi connectivity index (χ1n) is 9.18. The van der Waals surface area contributed by atoms with Gasteiger partial charge in [0, 0.05) is 13.6 Å². The minimum absolute atomic E-state index is 0.155. The van der Waals surface area contributed by atoms with Crippen molar-refractivity contribution in [2.45, 2.75) is 13.1 Å². The molecule has 0 N–H and O–H groups in total. The normalized spacial score (nSPS) is 11.0. The molecule has 0 saturated carbocycles. The summed E-state index contributed by atoms with van der Waals surface area (Å²) in [6, 6.07) is 18.9. The van der Waals surface area contributed by atoms with E-state index in [9.17, 15) is 9.59 Å². The lowest BCUT2D eigenvalue weighted by Gasteiger charge is -2.18. The Morgan fingerprint density at radius 2 is 1.83 bits per heavy atom. The molecule has 0 aliphatic heterocycles. The molecule has 29 heavy (non-hydrogen) atoms. The first-order valence-corrected chi connectivity index (χ1v) is 9.18. The average Bonchev–Trinajstić information content (AvgIpc) is 2.75. The standard InChI is InChI=1S/C22H20N4O3/c1-25(13-15-7-8-17-12-18(29-2)10-9-16(17)11-15)21(27)14-26-22(28)19-5-3-4-6-20(19)23-24-26/h3-12H,13-14H2,1-2H3. The van der Waals surface area contributed by atoms with E-state index in [0.717, 1.165) is 26.8 Å². The van der Waals surface area contributed by atoms with E-state index in [1.54, 1.807) is 43.3 Å². The van der Waals surface area contributed by atoms with Gasteiger partial charge in [-0.3, -0.25) is 9.59 Å². The Hall–Kier alpha value is -3.74. The van der Waals surface area contributed by atoms with E-state index in [2.05, 4.69) is 10.3 Å². The molecule has 146 valence electrons. The van der Waals surface area contributed by atoms with Crippen molar-refractivity contribution in [1.29, 1.82) is 0 Å². The Kier molecular flexibility index (Phi) is 4.95. The second-order valence-corrected chi connectivity index (χ2v) is 6.87. The summed E-state index contributed by atoms with van der Waals surface area (Å²) >= 11 is 0. The highest BCUT2D eigenvalue weighted by Crippen LogP contribution is 2.22. The lowest BCUT2D eigenvalue weighted by molar-refractivity contribution is -0.131. The van der Waals surface area contributed by atoms with Crippen molar-refractivity contribution in [3.8, 4) is 5.75 Å². The van der Waals surface area contributed by atoms with E-state index in [0.29, 0.717) is 17.4 Å². The van der Waals surface area contributed by atoms with Gasteiger partial charge >= 0.3 is 0 Å². The maximum absolute atomic E-state index is 12.6. The number of hydrogen-bond acceptors (Lipinski definition) is 5. The van der Waals surface area contributed by atoms with Crippen LogP contribution in [0, 0.1) is 0 Å². The zero-order chi connectivity index (χ0) is 20.4. The van der Waals surface area contributed by atoms with Gasteiger partial charge in [-0.1, -0.05) is 35.5 Å². The van der Waals surface area contributed by atoms with Gasteiger partial charge in [-0.25, -0.2) is 4.68 Å². The third-order valence-electron chi connectivity index (χ3n) is 4.87. The van der Waals surface area contributed by atoms with Crippen molar-refractivity contribution in [1.82, 2.24) is 19.9 Å². The maximum Gasteiger partial charge on any atom is 0.278 e. The number of aromatic nitrogens is 3. The topological polar surface area (TPSA) is 77.3 Å². The van der Waals surface area contributed by atoms with Crippen molar-refractivity contribution >= 4 is 27.6 Å². The minimum atomic E-state index is -0.322. The van der Waals surface area contributed by atoms with Gasteiger partial charge in [-0.2, -0.15) is 0 Å². The SMILES string of the molecule is COc1ccc2cc(CN(C)C(=O)Cn3nnc4ccccc4c3=O)ccc2c1. The van der Waals surface area contributed by atoms with Gasteiger partial charge in [0.25, 0.3) is 5.56 Å². The Bertz CT molecular complexity index is 1270. The summed E-state index contributed by atoms with van der Waals surface area (Å²) in [4.78, 5) is 26.7. The molecule has 0 atom stereocenters. The number of carbonyl (C=O) groups excluding carboxylic acids is 1. The lowest BCUT2D eigenvalue weighted by Crippen LogP contribution is -2.35. The average molecular weight is 388 g/mol. The molecule has 0 unspecified atom stereocenters. The highest BCUT2D eigenvalue weighted by atomic mass is 16.5. The van der Waals surface area contributed by atoms with Crippen LogP contribution in [0.4, 0.5) is 0 Å². The number of carbonyl (C=O) groups is 1. The summed E-state index contributed by atoms with van der Waals surface area (Å²) in [6.07, 6.45) is 0. The van der Waals surface area contributed by atoms with E-state index in [4.69, 9.17) is 4.74 Å². The summed E-state index contributed by atoms with van der Waals surface area (Å²) < 4.78 is 6.35. The molecule has 1 heterocycles. The predicted molar refractivity (Wildman–Crippen MR) is 111 cm³/mol. The molecule has 3 aromatic carbocycles. The zero-order valence-electron chi connectivity index (χ0n) is 16.2. The summed E-state index contributed by atoms with van der Waals surface area (Å²) in [6.45, 7) is 0.272. The molecule has 0 aliphatic rings. The van der Waals surface area contributed by atoms with Crippen LogP contribution in [0.3, 0.4) is 0 Å². The van der Waals surface area contributed by atoms with Gasteiger partial charge < -0.3 is 9.64 Å². The van der Waals surface area contributed by atoms with E-state index in [1.165, 1.54) is 0 Å². The molecule has 7 nitrogen and oxygen atoms in total. The zero-order valence-corrected chi connectivity index (χ0v) is 16.2. The number of likely N-dealkylation sites (N-methyl/N-ethyl adjacent to an activating group) is 1. The van der Waals surface area contributed by atoms with Gasteiger partial charge in [0.05, 0.1) is 12.5 Å². The number of rotatable bonds is 5. The van der Waals surface area contributed by atoms with E-state index >= 15 is 0 Å². The molecular weight excluding hydrogens is 368 g/mol. The van der Waals surface area contributed by atoms with Gasteiger partial charge in [0.2, 0.25) is 5.91 Å². The molecule has 4 aromatic rings. The monoisotopic (exact) mass is 388 g/mol. The third kappa shape index (κ3) is 3.80. The summed E-state index contributed by atoms with van der Waals surface area (Å²) in [5, 5.41) is 10.5. The molecule has 0 spiro atoms. The number of fused-ring (bicyclic) bond motifs is 2. The second-order valence-electron chi connectivity index (χ2n) is 6.87. The van der Waals surface area contributed by atoms with E-state index in [-0.39, 0.29) is 18.0 Å². The third-order valence-corrected chi connectivity index (χ3v) is 4.87. The lowest BCUT2D eigenvalue weighted by atomic mass is 10.1. The van der Waals surface area contributed by atoms with Crippen molar-refractivity contribution in [3.63, 3.8) is 0 Å². The van der Waals surface area contributed by atoms with Crippen molar-refractivity contribution in [2.75, 3.05) is 14.2 Å². The fraction of sp³-hybridized carbons (Fsp3) is 0.182. The molecule has 0 saturated heterocycles. The molecule has 0 fully saturated rings. The van der Waals surface area contributed by atoms with Gasteiger partial charge in [-0.15, -0.1) is 5.10 Å². The van der Waals surface area contributed by atoms with Crippen LogP contribution in [0.1, 0.15) is 5.56 Å². The van der Waals surface area contributed by atoms with Crippen molar-refractivity contribution in [3.05, 3.63) is 76.6 Å². The number of nitrogens with zero attached hydrogens (tertiary/aromatic N) is 4. The van der Waals surface area contributed by atoms with Crippen molar-refractivity contribution < 1.29 is 9.53 Å². The van der Waals surface area contributed by atoms with E-state index in [1.807, 2.05) is 36.4 Å². The number of benzene rings is 3. The van der Waals surface area contributed by atoms with Crippen LogP contribution in [0.25, 0.3) is 21.7 Å². The van der Waals surface area contributed by atoms with Crippen molar-refractivity contribution in [2.24, 2.45) is 0 Å². The minimum Gasteiger partial charge on any atom is -0.497 e. The Balaban J connectivity index is 1.50. The summed E-state index contributed by atoms with van der Waals surface area (Å²) in [7, 11) is 3.35. The summed E-state index contributed by atoms with van der Waals surface area (Å²) in [5.41, 5.74) is 1.19. The first-order chi connectivity index (χ1) is 14.0. The highest BCUT2D eigenvalue weighted by molar-refractivity contribution is 5.84. The smallest absolute Gasteiger partial charge is 0.278 e. The molecular formula is C22H20N4O3. The van der Waals surface area contributed by atoms with E-state index < -0.39 is 0 Å². The van der Waals surface area contributed by atoms with Crippen LogP contribution < -0.4 is 10.3 Å². The molecule has 7 heteroatoms. The van der Waals surface area contributed by atoms with Crippen LogP contribution in [0.2, 0.25) is 0 Å². The molecule has 0 aliphatic carbocycles.